The van der Waals surface area contributed by atoms with Crippen molar-refractivity contribution < 1.29 is 9.90 Å². The summed E-state index contributed by atoms with van der Waals surface area (Å²) in [5.41, 5.74) is 3.85. The lowest BCUT2D eigenvalue weighted by atomic mass is 9.94. The molecule has 2 aromatic carbocycles. The van der Waals surface area contributed by atoms with Gasteiger partial charge >= 0.3 is 6.03 Å². The number of carbonyl (C=O) groups excluding carboxylic acids is 1. The van der Waals surface area contributed by atoms with E-state index in [2.05, 4.69) is 5.32 Å². The Morgan fingerprint density at radius 3 is 2.52 bits per heavy atom. The molecular formula is C23H30N2O2. The maximum atomic E-state index is 13.1. The number of hydrogen-bond donors (Lipinski definition) is 2. The molecule has 0 unspecified atom stereocenters. The van der Waals surface area contributed by atoms with Crippen molar-refractivity contribution in [3.8, 4) is 0 Å². The van der Waals surface area contributed by atoms with Crippen LogP contribution in [0.1, 0.15) is 54.9 Å². The average molecular weight is 367 g/mol. The van der Waals surface area contributed by atoms with Crippen LogP contribution >= 0.6 is 0 Å². The number of nitrogens with one attached hydrogen (secondary N) is 1. The Balaban J connectivity index is 1.78. The predicted molar refractivity (Wildman–Crippen MR) is 110 cm³/mol. The number of nitrogens with zero attached hydrogens (tertiary/aromatic N) is 1. The first-order valence-corrected chi connectivity index (χ1v) is 9.92. The second-order valence-electron chi connectivity index (χ2n) is 7.62. The first-order valence-electron chi connectivity index (χ1n) is 9.92. The third-order valence-electron chi connectivity index (χ3n) is 5.46. The van der Waals surface area contributed by atoms with E-state index in [9.17, 15) is 9.90 Å². The molecule has 1 atom stereocenters. The number of hydrogen-bond acceptors (Lipinski definition) is 2. The summed E-state index contributed by atoms with van der Waals surface area (Å²) < 4.78 is 0. The van der Waals surface area contributed by atoms with E-state index in [1.54, 1.807) is 0 Å². The van der Waals surface area contributed by atoms with Gasteiger partial charge in [-0.3, -0.25) is 0 Å². The van der Waals surface area contributed by atoms with E-state index in [-0.39, 0.29) is 12.1 Å². The minimum Gasteiger partial charge on any atom is -0.387 e. The van der Waals surface area contributed by atoms with E-state index in [1.165, 1.54) is 6.42 Å². The maximum absolute atomic E-state index is 13.1. The Morgan fingerprint density at radius 1 is 1.11 bits per heavy atom. The highest BCUT2D eigenvalue weighted by Gasteiger charge is 2.28. The zero-order valence-corrected chi connectivity index (χ0v) is 16.3. The first kappa shape index (κ1) is 19.4. The standard InChI is InChI=1S/C23H30N2O2/c1-17-13-14-18(2)21(15-17)24-23(27)25(20-11-7-4-8-12-20)16-22(26)19-9-5-3-6-10-19/h3,5-6,9-10,13-15,20,22,26H,4,7-8,11-12,16H2,1-2H3,(H,24,27)/t22-/m0/s1. The molecule has 1 fully saturated rings. The van der Waals surface area contributed by atoms with Crippen molar-refractivity contribution in [1.82, 2.24) is 4.90 Å². The highest BCUT2D eigenvalue weighted by Crippen LogP contribution is 2.26. The summed E-state index contributed by atoms with van der Waals surface area (Å²) in [5.74, 6) is 0. The van der Waals surface area contributed by atoms with Crippen LogP contribution in [0, 0.1) is 13.8 Å². The maximum Gasteiger partial charge on any atom is 0.322 e. The molecule has 0 spiro atoms. The van der Waals surface area contributed by atoms with Crippen LogP contribution in [-0.2, 0) is 0 Å². The molecular weight excluding hydrogens is 336 g/mol. The lowest BCUT2D eigenvalue weighted by Crippen LogP contribution is -2.46. The SMILES string of the molecule is Cc1ccc(C)c(NC(=O)N(C[C@H](O)c2ccccc2)C2CCCCC2)c1. The molecule has 1 saturated carbocycles. The molecule has 1 aliphatic rings. The van der Waals surface area contributed by atoms with Gasteiger partial charge in [-0.1, -0.05) is 61.7 Å². The summed E-state index contributed by atoms with van der Waals surface area (Å²) in [6.07, 6.45) is 4.82. The number of benzene rings is 2. The minimum atomic E-state index is -0.683. The molecule has 4 heteroatoms. The molecule has 0 radical (unpaired) electrons. The Labute approximate surface area is 162 Å². The van der Waals surface area contributed by atoms with Crippen LogP contribution in [0.4, 0.5) is 10.5 Å². The normalized spacial score (nSPS) is 16.0. The van der Waals surface area contributed by atoms with Crippen LogP contribution < -0.4 is 5.32 Å². The number of amides is 2. The Morgan fingerprint density at radius 2 is 1.81 bits per heavy atom. The van der Waals surface area contributed by atoms with E-state index >= 15 is 0 Å². The molecule has 2 aromatic rings. The van der Waals surface area contributed by atoms with Gasteiger partial charge < -0.3 is 15.3 Å². The lowest BCUT2D eigenvalue weighted by molar-refractivity contribution is 0.0957. The summed E-state index contributed by atoms with van der Waals surface area (Å²) >= 11 is 0. The first-order chi connectivity index (χ1) is 13.0. The fourth-order valence-electron chi connectivity index (χ4n) is 3.81. The Bertz CT molecular complexity index is 754. The largest absolute Gasteiger partial charge is 0.387 e. The predicted octanol–water partition coefficient (Wildman–Crippen LogP) is 5.20. The van der Waals surface area contributed by atoms with Gasteiger partial charge in [0.2, 0.25) is 0 Å². The summed E-state index contributed by atoms with van der Waals surface area (Å²) in [4.78, 5) is 15.0. The molecule has 0 aliphatic heterocycles. The summed E-state index contributed by atoms with van der Waals surface area (Å²) in [7, 11) is 0. The molecule has 27 heavy (non-hydrogen) atoms. The van der Waals surface area contributed by atoms with Crippen LogP contribution in [0.25, 0.3) is 0 Å². The van der Waals surface area contributed by atoms with Crippen LogP contribution in [-0.4, -0.2) is 28.6 Å². The van der Waals surface area contributed by atoms with E-state index in [0.29, 0.717) is 6.54 Å². The minimum absolute atomic E-state index is 0.120. The highest BCUT2D eigenvalue weighted by molar-refractivity contribution is 5.90. The van der Waals surface area contributed by atoms with Gasteiger partial charge in [-0.15, -0.1) is 0 Å². The number of anilines is 1. The second-order valence-corrected chi connectivity index (χ2v) is 7.62. The Kier molecular flexibility index (Phi) is 6.51. The molecule has 2 amide bonds. The summed E-state index contributed by atoms with van der Waals surface area (Å²) in [6.45, 7) is 4.33. The number of urea groups is 1. The van der Waals surface area contributed by atoms with Crippen LogP contribution in [0.3, 0.4) is 0 Å². The number of carbonyl (C=O) groups is 1. The van der Waals surface area contributed by atoms with Gasteiger partial charge in [-0.05, 0) is 49.4 Å². The van der Waals surface area contributed by atoms with Crippen molar-refractivity contribution in [1.29, 1.82) is 0 Å². The molecule has 0 aromatic heterocycles. The third-order valence-corrected chi connectivity index (χ3v) is 5.46. The number of rotatable bonds is 5. The van der Waals surface area contributed by atoms with E-state index in [1.807, 2.05) is 67.3 Å². The fourth-order valence-corrected chi connectivity index (χ4v) is 3.81. The summed E-state index contributed by atoms with van der Waals surface area (Å²) in [5, 5.41) is 13.8. The van der Waals surface area contributed by atoms with Gasteiger partial charge in [-0.2, -0.15) is 0 Å². The lowest BCUT2D eigenvalue weighted by Gasteiger charge is -2.36. The fraction of sp³-hybridized carbons (Fsp3) is 0.435. The summed E-state index contributed by atoms with van der Waals surface area (Å²) in [6, 6.07) is 15.7. The van der Waals surface area contributed by atoms with Gasteiger partial charge in [0.25, 0.3) is 0 Å². The topological polar surface area (TPSA) is 52.6 Å². The third kappa shape index (κ3) is 5.10. The average Bonchev–Trinajstić information content (AvgIpc) is 2.70. The van der Waals surface area contributed by atoms with Crippen molar-refractivity contribution in [2.45, 2.75) is 58.1 Å². The molecule has 3 rings (SSSR count). The van der Waals surface area contributed by atoms with Gasteiger partial charge in [0.1, 0.15) is 0 Å². The zero-order valence-electron chi connectivity index (χ0n) is 16.3. The number of aliphatic hydroxyl groups excluding tert-OH is 1. The van der Waals surface area contributed by atoms with Crippen molar-refractivity contribution in [3.05, 3.63) is 65.2 Å². The second kappa shape index (κ2) is 9.05. The highest BCUT2D eigenvalue weighted by atomic mass is 16.3. The zero-order chi connectivity index (χ0) is 19.2. The van der Waals surface area contributed by atoms with Crippen molar-refractivity contribution in [2.75, 3.05) is 11.9 Å². The van der Waals surface area contributed by atoms with Gasteiger partial charge in [0.05, 0.1) is 12.6 Å². The van der Waals surface area contributed by atoms with Crippen LogP contribution in [0.5, 0.6) is 0 Å². The molecule has 144 valence electrons. The van der Waals surface area contributed by atoms with Gasteiger partial charge in [-0.25, -0.2) is 4.79 Å². The van der Waals surface area contributed by atoms with E-state index in [0.717, 1.165) is 48.1 Å². The number of aliphatic hydroxyl groups is 1. The van der Waals surface area contributed by atoms with Crippen molar-refractivity contribution >= 4 is 11.7 Å². The monoisotopic (exact) mass is 366 g/mol. The van der Waals surface area contributed by atoms with E-state index in [4.69, 9.17) is 0 Å². The van der Waals surface area contributed by atoms with Crippen LogP contribution in [0.15, 0.2) is 48.5 Å². The number of aryl methyl sites for hydroxylation is 2. The quantitative estimate of drug-likeness (QED) is 0.764. The smallest absolute Gasteiger partial charge is 0.322 e. The van der Waals surface area contributed by atoms with Crippen molar-refractivity contribution in [2.24, 2.45) is 0 Å². The molecule has 2 N–H and O–H groups in total. The van der Waals surface area contributed by atoms with Crippen molar-refractivity contribution in [3.63, 3.8) is 0 Å². The molecule has 1 aliphatic carbocycles. The Hall–Kier alpha value is -2.33. The molecule has 0 saturated heterocycles. The van der Waals surface area contributed by atoms with Gasteiger partial charge in [0, 0.05) is 11.7 Å². The molecule has 0 heterocycles. The van der Waals surface area contributed by atoms with E-state index < -0.39 is 6.10 Å². The van der Waals surface area contributed by atoms with Gasteiger partial charge in [0.15, 0.2) is 0 Å². The van der Waals surface area contributed by atoms with Crippen LogP contribution in [0.2, 0.25) is 0 Å². The molecule has 0 bridgehead atoms. The molecule has 4 nitrogen and oxygen atoms in total.